The molecule has 0 N–H and O–H groups in total. The van der Waals surface area contributed by atoms with Gasteiger partial charge in [0.25, 0.3) is 0 Å². The van der Waals surface area contributed by atoms with Crippen LogP contribution in [0.15, 0.2) is 326 Å². The van der Waals surface area contributed by atoms with Crippen LogP contribution in [0.2, 0.25) is 0 Å². The molecule has 0 bridgehead atoms. The van der Waals surface area contributed by atoms with Crippen molar-refractivity contribution in [3.63, 3.8) is 0 Å². The van der Waals surface area contributed by atoms with Crippen molar-refractivity contribution in [1.82, 2.24) is 0 Å². The molecule has 0 amide bonds. The van der Waals surface area contributed by atoms with Gasteiger partial charge in [-0.3, -0.25) is 0 Å². The second-order valence-corrected chi connectivity index (χ2v) is 31.3. The first-order chi connectivity index (χ1) is 60.5. The van der Waals surface area contributed by atoms with E-state index in [1.807, 2.05) is 72.8 Å². The van der Waals surface area contributed by atoms with Gasteiger partial charge in [-0.2, -0.15) is 10.5 Å². The number of methoxy groups -OCH3 is 4. The predicted octanol–water partition coefficient (Wildman–Crippen LogP) is 26.7. The fourth-order valence-corrected chi connectivity index (χ4v) is 18.0. The van der Waals surface area contributed by atoms with E-state index in [1.54, 1.807) is 52.7 Å². The summed E-state index contributed by atoms with van der Waals surface area (Å²) in [6, 6.07) is 102. The zero-order valence-electron chi connectivity index (χ0n) is 67.7. The van der Waals surface area contributed by atoms with Crippen LogP contribution in [0.3, 0.4) is 0 Å². The van der Waals surface area contributed by atoms with Crippen molar-refractivity contribution in [2.75, 3.05) is 28.4 Å². The highest BCUT2D eigenvalue weighted by atomic mass is 16.5. The molecule has 21 rings (SSSR count). The molecule has 0 spiro atoms. The standard InChI is InChI=1S/C110H76N2O11/c1-113-97-49-65(50-98(114-2)109(97)121-63-71-45-93(117-59-67-37-81-27-19-73-9-5-10-74-20-28-82(38-67)105(81)101(73)74)55-94(46-71)118-60-68-39-83-29-21-75-11-6-12-76-22-30-84(40-68)106(83)102(75)76)17-35-91-53-89(90(57-111)58-112)54-92(123-91)36-18-66-51-99(115-3)110(100(52-66)116-4)122-64-72-47-95(119-61-69-41-85-31-23-77-13-7-14-78-24-32-86(42-69)107(85)103(77)78)56-96(48-72)120-62-70-43-87-33-25-79-15-8-16-80-26-34-88(44-70)108(87)104(79)80/h5-56H,59-64H2,1-4H3/b35-17+,36-18+. The third-order valence-corrected chi connectivity index (χ3v) is 23.5. The van der Waals surface area contributed by atoms with E-state index in [4.69, 9.17) is 52.1 Å². The minimum atomic E-state index is -0.100. The van der Waals surface area contributed by atoms with Crippen molar-refractivity contribution in [1.29, 1.82) is 10.5 Å². The Morgan fingerprint density at radius 1 is 0.260 bits per heavy atom. The van der Waals surface area contributed by atoms with Crippen molar-refractivity contribution in [2.24, 2.45) is 0 Å². The highest BCUT2D eigenvalue weighted by Crippen LogP contribution is 2.46. The molecular formula is C110H76N2O11. The van der Waals surface area contributed by atoms with E-state index in [9.17, 15) is 10.5 Å². The summed E-state index contributed by atoms with van der Waals surface area (Å²) < 4.78 is 71.0. The molecule has 20 aromatic rings. The average molecular weight is 1600 g/mol. The first-order valence-electron chi connectivity index (χ1n) is 40.8. The second-order valence-electron chi connectivity index (χ2n) is 31.3. The molecule has 0 unspecified atom stereocenters. The maximum absolute atomic E-state index is 10.2. The highest BCUT2D eigenvalue weighted by Gasteiger charge is 2.22. The summed E-state index contributed by atoms with van der Waals surface area (Å²) in [4.78, 5) is 0. The molecule has 0 saturated carbocycles. The van der Waals surface area contributed by atoms with Crippen molar-refractivity contribution >= 4 is 141 Å². The van der Waals surface area contributed by atoms with E-state index in [2.05, 4.69) is 231 Å². The maximum Gasteiger partial charge on any atom is 0.203 e. The van der Waals surface area contributed by atoms with Crippen LogP contribution in [-0.4, -0.2) is 28.4 Å². The Kier molecular flexibility index (Phi) is 19.0. The van der Waals surface area contributed by atoms with Crippen molar-refractivity contribution in [3.05, 3.63) is 371 Å². The number of nitriles is 2. The molecular weight excluding hydrogens is 1530 g/mol. The van der Waals surface area contributed by atoms with Crippen LogP contribution < -0.4 is 47.4 Å². The number of hydrogen-bond donors (Lipinski definition) is 0. The molecule has 0 aromatic heterocycles. The molecule has 0 aliphatic carbocycles. The fourth-order valence-electron chi connectivity index (χ4n) is 18.0. The number of nitrogens with zero attached hydrogens (tertiary/aromatic N) is 2. The van der Waals surface area contributed by atoms with Crippen LogP contribution in [-0.2, 0) is 44.4 Å². The smallest absolute Gasteiger partial charge is 0.203 e. The lowest BCUT2D eigenvalue weighted by molar-refractivity contribution is 0.261. The van der Waals surface area contributed by atoms with Gasteiger partial charge in [-0.1, -0.05) is 182 Å². The van der Waals surface area contributed by atoms with Gasteiger partial charge >= 0.3 is 0 Å². The van der Waals surface area contributed by atoms with Gasteiger partial charge in [-0.25, -0.2) is 0 Å². The Balaban J connectivity index is 0.523. The molecule has 1 heterocycles. The number of allylic oxidation sites excluding steroid dienone is 6. The summed E-state index contributed by atoms with van der Waals surface area (Å²) >= 11 is 0. The van der Waals surface area contributed by atoms with Crippen LogP contribution >= 0.6 is 0 Å². The first-order valence-corrected chi connectivity index (χ1v) is 40.8. The van der Waals surface area contributed by atoms with E-state index in [-0.39, 0.29) is 18.8 Å². The Labute approximate surface area is 708 Å². The number of hydrogen-bond acceptors (Lipinski definition) is 13. The molecule has 123 heavy (non-hydrogen) atoms. The van der Waals surface area contributed by atoms with Crippen LogP contribution in [0, 0.1) is 22.7 Å². The molecule has 0 atom stereocenters. The van der Waals surface area contributed by atoms with Gasteiger partial charge in [0.05, 0.1) is 28.4 Å². The lowest BCUT2D eigenvalue weighted by Gasteiger charge is -2.18. The quantitative estimate of drug-likeness (QED) is 0.0374. The lowest BCUT2D eigenvalue weighted by Crippen LogP contribution is -2.03. The van der Waals surface area contributed by atoms with Crippen LogP contribution in [0.5, 0.6) is 57.5 Å². The topological polar surface area (TPSA) is 149 Å². The predicted molar refractivity (Wildman–Crippen MR) is 492 cm³/mol. The Morgan fingerprint density at radius 2 is 0.480 bits per heavy atom. The summed E-state index contributed by atoms with van der Waals surface area (Å²) in [5, 5.41) is 49.5. The zero-order chi connectivity index (χ0) is 82.8. The minimum Gasteiger partial charge on any atom is -0.493 e. The molecule has 1 aliphatic rings. The molecule has 13 nitrogen and oxygen atoms in total. The van der Waals surface area contributed by atoms with Crippen LogP contribution in [0.25, 0.3) is 141 Å². The Bertz CT molecular complexity index is 6790. The largest absolute Gasteiger partial charge is 0.493 e. The van der Waals surface area contributed by atoms with Gasteiger partial charge in [0.15, 0.2) is 23.0 Å². The summed E-state index contributed by atoms with van der Waals surface area (Å²) in [5.41, 5.74) is 7.30. The van der Waals surface area contributed by atoms with Crippen LogP contribution in [0.1, 0.15) is 44.5 Å². The van der Waals surface area contributed by atoms with E-state index >= 15 is 0 Å². The van der Waals surface area contributed by atoms with E-state index in [1.165, 1.54) is 86.2 Å². The SMILES string of the molecule is COc1cc(/C=C/C2=CC(=C(C#N)C#N)C=C(/C=C/c3cc(OC)c(OCc4cc(OCc5cc6ccc7cccc8ccc(c5)c6c78)cc(OCc5cc6ccc7cccc8ccc(c5)c6c78)c4)c(OC)c3)O2)cc(OC)c1OCc1cc(OCc2cc3ccc4cccc5ccc(c2)c3c45)cc(OCc2cc3ccc4cccc5ccc(c2)c3c45)c1. The van der Waals surface area contributed by atoms with Gasteiger partial charge in [-0.15, -0.1) is 0 Å². The first kappa shape index (κ1) is 74.6. The minimum absolute atomic E-state index is 0.0914. The number of ether oxygens (including phenoxy) is 11. The number of benzene rings is 20. The normalized spacial score (nSPS) is 12.5. The molecule has 592 valence electrons. The van der Waals surface area contributed by atoms with Crippen molar-refractivity contribution in [3.8, 4) is 69.6 Å². The monoisotopic (exact) mass is 1600 g/mol. The molecule has 0 saturated heterocycles. The van der Waals surface area contributed by atoms with Gasteiger partial charge in [0, 0.05) is 17.7 Å². The summed E-state index contributed by atoms with van der Waals surface area (Å²) in [6.07, 6.45) is 10.4. The molecule has 20 aromatic carbocycles. The van der Waals surface area contributed by atoms with Crippen molar-refractivity contribution < 1.29 is 52.1 Å². The van der Waals surface area contributed by atoms with Crippen molar-refractivity contribution in [2.45, 2.75) is 39.6 Å². The molecule has 1 aliphatic heterocycles. The van der Waals surface area contributed by atoms with E-state index < -0.39 is 0 Å². The average Bonchev–Trinajstić information content (AvgIpc) is 0.756. The Morgan fingerprint density at radius 3 is 0.715 bits per heavy atom. The third kappa shape index (κ3) is 14.2. The highest BCUT2D eigenvalue weighted by molar-refractivity contribution is 6.26. The van der Waals surface area contributed by atoms with Crippen LogP contribution in [0.4, 0.5) is 0 Å². The summed E-state index contributed by atoms with van der Waals surface area (Å²) in [7, 11) is 6.30. The van der Waals surface area contributed by atoms with Gasteiger partial charge in [-0.05, 0) is 295 Å². The Hall–Kier alpha value is -16.0. The third-order valence-electron chi connectivity index (χ3n) is 23.5. The van der Waals surface area contributed by atoms with E-state index in [0.717, 1.165) is 76.5 Å². The lowest BCUT2D eigenvalue weighted by atomic mass is 9.93. The van der Waals surface area contributed by atoms with Gasteiger partial charge < -0.3 is 52.1 Å². The van der Waals surface area contributed by atoms with E-state index in [0.29, 0.717) is 112 Å². The molecule has 13 heteroatoms. The second kappa shape index (κ2) is 31.4. The van der Waals surface area contributed by atoms with Gasteiger partial charge in [0.2, 0.25) is 11.5 Å². The summed E-state index contributed by atoms with van der Waals surface area (Å²) in [6.45, 7) is 1.42. The zero-order valence-corrected chi connectivity index (χ0v) is 67.7. The van der Waals surface area contributed by atoms with Gasteiger partial charge in [0.1, 0.15) is 91.9 Å². The summed E-state index contributed by atoms with van der Waals surface area (Å²) in [5.74, 6) is 5.48. The molecule has 0 radical (unpaired) electrons. The fraction of sp³-hybridized carbons (Fsp3) is 0.0909. The molecule has 0 fully saturated rings. The number of rotatable bonds is 26. The maximum atomic E-state index is 10.2.